The maximum Gasteiger partial charge on any atom is 0.0947 e. The van der Waals surface area contributed by atoms with Gasteiger partial charge in [0.05, 0.1) is 10.7 Å². The molecule has 116 valence electrons. The van der Waals surface area contributed by atoms with E-state index in [9.17, 15) is 0 Å². The molecule has 0 fully saturated rings. The average Bonchev–Trinajstić information content (AvgIpc) is 2.75. The van der Waals surface area contributed by atoms with Gasteiger partial charge in [-0.25, -0.2) is 4.98 Å². The summed E-state index contributed by atoms with van der Waals surface area (Å²) in [5, 5.41) is 4.80. The first kappa shape index (κ1) is 17.6. The first-order chi connectivity index (χ1) is 9.42. The lowest BCUT2D eigenvalue weighted by molar-refractivity contribution is 0.0730. The van der Waals surface area contributed by atoms with Crippen molar-refractivity contribution in [2.75, 3.05) is 20.1 Å². The third-order valence-corrected chi connectivity index (χ3v) is 5.85. The van der Waals surface area contributed by atoms with Crippen LogP contribution in [-0.2, 0) is 6.42 Å². The number of nitrogens with zero attached hydrogens (tertiary/aromatic N) is 2. The summed E-state index contributed by atoms with van der Waals surface area (Å²) in [6.45, 7) is 15.6. The Balaban J connectivity index is 2.97. The van der Waals surface area contributed by atoms with Crippen molar-refractivity contribution < 1.29 is 0 Å². The summed E-state index contributed by atoms with van der Waals surface area (Å²) in [4.78, 5) is 8.63. The largest absolute Gasteiger partial charge is 0.315 e. The average molecular weight is 298 g/mol. The van der Waals surface area contributed by atoms with Gasteiger partial charge in [-0.15, -0.1) is 11.3 Å². The van der Waals surface area contributed by atoms with Crippen LogP contribution in [0.3, 0.4) is 0 Å². The Morgan fingerprint density at radius 3 is 2.20 bits per heavy atom. The molecule has 0 aliphatic rings. The normalized spacial score (nSPS) is 16.4. The van der Waals surface area contributed by atoms with Crippen LogP contribution in [0.2, 0.25) is 0 Å². The van der Waals surface area contributed by atoms with Crippen molar-refractivity contribution in [1.82, 2.24) is 15.2 Å². The van der Waals surface area contributed by atoms with Crippen LogP contribution in [0.15, 0.2) is 0 Å². The van der Waals surface area contributed by atoms with Gasteiger partial charge >= 0.3 is 0 Å². The van der Waals surface area contributed by atoms with Crippen LogP contribution in [0.25, 0.3) is 0 Å². The molecule has 1 aromatic rings. The number of aromatic nitrogens is 1. The van der Waals surface area contributed by atoms with Crippen molar-refractivity contribution in [3.05, 3.63) is 15.6 Å². The molecule has 2 atom stereocenters. The minimum Gasteiger partial charge on any atom is -0.315 e. The van der Waals surface area contributed by atoms with Gasteiger partial charge in [0.25, 0.3) is 0 Å². The molecule has 0 aromatic carbocycles. The molecule has 2 unspecified atom stereocenters. The van der Waals surface area contributed by atoms with Gasteiger partial charge in [-0.1, -0.05) is 20.8 Å². The van der Waals surface area contributed by atoms with Crippen molar-refractivity contribution in [1.29, 1.82) is 0 Å². The van der Waals surface area contributed by atoms with E-state index in [0.717, 1.165) is 25.9 Å². The summed E-state index contributed by atoms with van der Waals surface area (Å²) in [6.07, 6.45) is 2.15. The highest BCUT2D eigenvalue weighted by Gasteiger charge is 2.36. The molecule has 0 aliphatic carbocycles. The third-order valence-electron chi connectivity index (χ3n) is 4.75. The first-order valence-corrected chi connectivity index (χ1v) is 8.59. The molecule has 1 heterocycles. The summed E-state index contributed by atoms with van der Waals surface area (Å²) < 4.78 is 0. The molecule has 3 nitrogen and oxygen atoms in total. The van der Waals surface area contributed by atoms with E-state index in [1.54, 1.807) is 0 Å². The molecular weight excluding hydrogens is 266 g/mol. The number of rotatable bonds is 8. The van der Waals surface area contributed by atoms with Crippen molar-refractivity contribution in [2.45, 2.75) is 66.0 Å². The zero-order chi connectivity index (χ0) is 15.3. The molecule has 0 spiro atoms. The van der Waals surface area contributed by atoms with Gasteiger partial charge in [-0.05, 0) is 47.3 Å². The van der Waals surface area contributed by atoms with Crippen molar-refractivity contribution in [2.24, 2.45) is 0 Å². The molecule has 20 heavy (non-hydrogen) atoms. The fourth-order valence-corrected chi connectivity index (χ4v) is 4.05. The summed E-state index contributed by atoms with van der Waals surface area (Å²) in [7, 11) is 2.08. The molecule has 1 aromatic heterocycles. The Labute approximate surface area is 128 Å². The predicted molar refractivity (Wildman–Crippen MR) is 89.8 cm³/mol. The second-order valence-corrected chi connectivity index (χ2v) is 6.97. The van der Waals surface area contributed by atoms with Crippen LogP contribution in [0, 0.1) is 13.8 Å². The predicted octanol–water partition coefficient (Wildman–Crippen LogP) is 3.40. The van der Waals surface area contributed by atoms with E-state index in [4.69, 9.17) is 4.98 Å². The lowest BCUT2D eigenvalue weighted by atomic mass is 9.85. The van der Waals surface area contributed by atoms with E-state index in [2.05, 4.69) is 58.8 Å². The number of likely N-dealkylation sites (N-methyl/N-ethyl adjacent to an activating group) is 2. The highest BCUT2D eigenvalue weighted by Crippen LogP contribution is 2.27. The maximum atomic E-state index is 4.72. The molecule has 4 heteroatoms. The lowest BCUT2D eigenvalue weighted by Gasteiger charge is -2.45. The monoisotopic (exact) mass is 297 g/mol. The lowest BCUT2D eigenvalue weighted by Crippen LogP contribution is -2.59. The molecular formula is C16H31N3S. The van der Waals surface area contributed by atoms with Crippen LogP contribution >= 0.6 is 11.3 Å². The number of hydrogen-bond donors (Lipinski definition) is 1. The topological polar surface area (TPSA) is 28.2 Å². The Morgan fingerprint density at radius 1 is 1.25 bits per heavy atom. The second kappa shape index (κ2) is 7.53. The van der Waals surface area contributed by atoms with Crippen molar-refractivity contribution in [3.63, 3.8) is 0 Å². The summed E-state index contributed by atoms with van der Waals surface area (Å²) >= 11 is 1.84. The Kier molecular flexibility index (Phi) is 6.62. The zero-order valence-corrected chi connectivity index (χ0v) is 15.0. The standard InChI is InChI=1S/C16H31N3S/c1-8-16(6,19(9-2)10-3)14(17-7)11-15-18-12(4)13(5)20-15/h14,17H,8-11H2,1-7H3. The molecule has 1 N–H and O–H groups in total. The molecule has 0 saturated heterocycles. The van der Waals surface area contributed by atoms with E-state index >= 15 is 0 Å². The maximum absolute atomic E-state index is 4.72. The summed E-state index contributed by atoms with van der Waals surface area (Å²) in [5.74, 6) is 0. The fraction of sp³-hybridized carbons (Fsp3) is 0.812. The van der Waals surface area contributed by atoms with Gasteiger partial charge < -0.3 is 5.32 Å². The second-order valence-electron chi connectivity index (χ2n) is 5.68. The van der Waals surface area contributed by atoms with Crippen LogP contribution in [-0.4, -0.2) is 41.6 Å². The van der Waals surface area contributed by atoms with Crippen LogP contribution < -0.4 is 5.32 Å². The number of hydrogen-bond acceptors (Lipinski definition) is 4. The Bertz CT molecular complexity index is 392. The highest BCUT2D eigenvalue weighted by molar-refractivity contribution is 7.11. The minimum absolute atomic E-state index is 0.172. The molecule has 0 aliphatic heterocycles. The zero-order valence-electron chi connectivity index (χ0n) is 14.2. The summed E-state index contributed by atoms with van der Waals surface area (Å²) in [6, 6.07) is 0.428. The SMILES string of the molecule is CCN(CC)C(C)(CC)C(Cc1nc(C)c(C)s1)NC. The van der Waals surface area contributed by atoms with Crippen LogP contribution in [0.4, 0.5) is 0 Å². The minimum atomic E-state index is 0.172. The summed E-state index contributed by atoms with van der Waals surface area (Å²) in [5.41, 5.74) is 1.35. The van der Waals surface area contributed by atoms with E-state index in [1.165, 1.54) is 15.6 Å². The molecule has 0 amide bonds. The fourth-order valence-electron chi connectivity index (χ4n) is 3.07. The third kappa shape index (κ3) is 3.60. The van der Waals surface area contributed by atoms with Crippen molar-refractivity contribution in [3.8, 4) is 0 Å². The molecule has 0 saturated carbocycles. The van der Waals surface area contributed by atoms with Gasteiger partial charge in [-0.2, -0.15) is 0 Å². The number of nitrogens with one attached hydrogen (secondary N) is 1. The van der Waals surface area contributed by atoms with Gasteiger partial charge in [0.1, 0.15) is 0 Å². The van der Waals surface area contributed by atoms with E-state index < -0.39 is 0 Å². The van der Waals surface area contributed by atoms with Gasteiger partial charge in [0.2, 0.25) is 0 Å². The smallest absolute Gasteiger partial charge is 0.0947 e. The molecule has 0 bridgehead atoms. The Morgan fingerprint density at radius 2 is 1.85 bits per heavy atom. The Hall–Kier alpha value is -0.450. The van der Waals surface area contributed by atoms with E-state index in [-0.39, 0.29) is 5.54 Å². The quantitative estimate of drug-likeness (QED) is 0.797. The highest BCUT2D eigenvalue weighted by atomic mass is 32.1. The van der Waals surface area contributed by atoms with Gasteiger partial charge in [0, 0.05) is 22.9 Å². The number of thiazole rings is 1. The number of aryl methyl sites for hydroxylation is 2. The molecule has 0 radical (unpaired) electrons. The van der Waals surface area contributed by atoms with E-state index in [1.807, 2.05) is 11.3 Å². The molecule has 1 rings (SSSR count). The first-order valence-electron chi connectivity index (χ1n) is 7.78. The van der Waals surface area contributed by atoms with Crippen LogP contribution in [0.5, 0.6) is 0 Å². The van der Waals surface area contributed by atoms with Crippen molar-refractivity contribution >= 4 is 11.3 Å². The van der Waals surface area contributed by atoms with Gasteiger partial charge in [-0.3, -0.25) is 4.90 Å². The van der Waals surface area contributed by atoms with E-state index in [0.29, 0.717) is 6.04 Å². The van der Waals surface area contributed by atoms with Gasteiger partial charge in [0.15, 0.2) is 0 Å². The van der Waals surface area contributed by atoms with Crippen LogP contribution in [0.1, 0.15) is 49.7 Å².